The van der Waals surface area contributed by atoms with E-state index in [0.29, 0.717) is 17.1 Å². The normalized spacial score (nSPS) is 11.2. The standard InChI is InChI=1S/C18H15N3O3S/c22-16-9-13(20-18-21(16)7-8-25-18)11-24-17(23)6-5-12-10-19-15-4-2-1-3-14(12)15/h1-4,7-10,19H,5-6,11H2. The van der Waals surface area contributed by atoms with Gasteiger partial charge in [0.1, 0.15) is 6.61 Å². The molecule has 126 valence electrons. The van der Waals surface area contributed by atoms with E-state index >= 15 is 0 Å². The average Bonchev–Trinajstić information content (AvgIpc) is 3.25. The van der Waals surface area contributed by atoms with Gasteiger partial charge < -0.3 is 9.72 Å². The van der Waals surface area contributed by atoms with Gasteiger partial charge in [-0.25, -0.2) is 4.98 Å². The van der Waals surface area contributed by atoms with Crippen LogP contribution in [-0.4, -0.2) is 20.3 Å². The number of nitrogens with zero attached hydrogens (tertiary/aromatic N) is 2. The Labute approximate surface area is 146 Å². The highest BCUT2D eigenvalue weighted by Gasteiger charge is 2.09. The van der Waals surface area contributed by atoms with Crippen LogP contribution >= 0.6 is 11.3 Å². The van der Waals surface area contributed by atoms with E-state index in [4.69, 9.17) is 4.74 Å². The van der Waals surface area contributed by atoms with E-state index < -0.39 is 0 Å². The highest BCUT2D eigenvalue weighted by Crippen LogP contribution is 2.19. The number of carbonyl (C=O) groups is 1. The topological polar surface area (TPSA) is 76.5 Å². The number of benzene rings is 1. The molecule has 0 aliphatic heterocycles. The Bertz CT molecular complexity index is 1110. The second-order valence-corrected chi connectivity index (χ2v) is 6.53. The molecule has 0 spiro atoms. The van der Waals surface area contributed by atoms with Crippen LogP contribution in [0.2, 0.25) is 0 Å². The Morgan fingerprint density at radius 2 is 2.20 bits per heavy atom. The lowest BCUT2D eigenvalue weighted by Crippen LogP contribution is -2.14. The van der Waals surface area contributed by atoms with Crippen LogP contribution < -0.4 is 5.56 Å². The van der Waals surface area contributed by atoms with Crippen LogP contribution in [0.25, 0.3) is 15.9 Å². The smallest absolute Gasteiger partial charge is 0.306 e. The minimum Gasteiger partial charge on any atom is -0.459 e. The van der Waals surface area contributed by atoms with Gasteiger partial charge in [0.15, 0.2) is 4.96 Å². The molecule has 4 aromatic rings. The maximum Gasteiger partial charge on any atom is 0.306 e. The summed E-state index contributed by atoms with van der Waals surface area (Å²) in [4.78, 5) is 32.0. The predicted molar refractivity (Wildman–Crippen MR) is 95.8 cm³/mol. The summed E-state index contributed by atoms with van der Waals surface area (Å²) in [6, 6.07) is 9.37. The molecule has 0 atom stereocenters. The Morgan fingerprint density at radius 1 is 1.32 bits per heavy atom. The fourth-order valence-electron chi connectivity index (χ4n) is 2.76. The van der Waals surface area contributed by atoms with Crippen LogP contribution in [0.3, 0.4) is 0 Å². The zero-order valence-corrected chi connectivity index (χ0v) is 14.1. The molecule has 0 fully saturated rings. The molecule has 0 unspecified atom stereocenters. The second-order valence-electron chi connectivity index (χ2n) is 5.66. The summed E-state index contributed by atoms with van der Waals surface area (Å²) in [7, 11) is 0. The molecule has 3 heterocycles. The monoisotopic (exact) mass is 353 g/mol. The molecule has 0 amide bonds. The fraction of sp³-hybridized carbons (Fsp3) is 0.167. The lowest BCUT2D eigenvalue weighted by molar-refractivity contribution is -0.145. The van der Waals surface area contributed by atoms with Crippen molar-refractivity contribution in [2.75, 3.05) is 0 Å². The summed E-state index contributed by atoms with van der Waals surface area (Å²) >= 11 is 1.37. The number of nitrogens with one attached hydrogen (secondary N) is 1. The Balaban J connectivity index is 1.38. The molecule has 0 radical (unpaired) electrons. The van der Waals surface area contributed by atoms with Crippen LogP contribution in [0.5, 0.6) is 0 Å². The molecule has 7 heteroatoms. The van der Waals surface area contributed by atoms with Crippen molar-refractivity contribution in [1.29, 1.82) is 0 Å². The first kappa shape index (κ1) is 15.6. The van der Waals surface area contributed by atoms with Gasteiger partial charge in [0.2, 0.25) is 0 Å². The van der Waals surface area contributed by atoms with Gasteiger partial charge in [-0.1, -0.05) is 18.2 Å². The molecule has 4 rings (SSSR count). The molecular weight excluding hydrogens is 338 g/mol. The molecule has 0 saturated carbocycles. The maximum absolute atomic E-state index is 12.0. The van der Waals surface area contributed by atoms with Crippen molar-refractivity contribution in [3.05, 3.63) is 69.7 Å². The van der Waals surface area contributed by atoms with Crippen molar-refractivity contribution in [2.45, 2.75) is 19.4 Å². The molecule has 6 nitrogen and oxygen atoms in total. The number of aryl methyl sites for hydroxylation is 1. The summed E-state index contributed by atoms with van der Waals surface area (Å²) in [6.07, 6.45) is 4.47. The number of esters is 1. The summed E-state index contributed by atoms with van der Waals surface area (Å²) in [5.41, 5.74) is 2.44. The number of rotatable bonds is 5. The van der Waals surface area contributed by atoms with Gasteiger partial charge >= 0.3 is 5.97 Å². The maximum atomic E-state index is 12.0. The molecule has 1 aromatic carbocycles. The van der Waals surface area contributed by atoms with E-state index in [1.807, 2.05) is 30.5 Å². The number of thiazole rings is 1. The molecule has 1 N–H and O–H groups in total. The van der Waals surface area contributed by atoms with E-state index in [9.17, 15) is 9.59 Å². The van der Waals surface area contributed by atoms with E-state index in [2.05, 4.69) is 9.97 Å². The van der Waals surface area contributed by atoms with E-state index in [-0.39, 0.29) is 24.6 Å². The summed E-state index contributed by atoms with van der Waals surface area (Å²) in [6.45, 7) is 0.0103. The minimum absolute atomic E-state index is 0.0103. The first-order valence-electron chi connectivity index (χ1n) is 7.87. The predicted octanol–water partition coefficient (Wildman–Crippen LogP) is 2.91. The van der Waals surface area contributed by atoms with Crippen molar-refractivity contribution >= 4 is 33.2 Å². The lowest BCUT2D eigenvalue weighted by Gasteiger charge is -2.04. The molecule has 0 saturated heterocycles. The first-order valence-corrected chi connectivity index (χ1v) is 8.75. The largest absolute Gasteiger partial charge is 0.459 e. The van der Waals surface area contributed by atoms with E-state index in [1.54, 1.807) is 11.6 Å². The number of carbonyl (C=O) groups excluding carboxylic acids is 1. The number of ether oxygens (including phenoxy) is 1. The quantitative estimate of drug-likeness (QED) is 0.560. The molecule has 0 bridgehead atoms. The lowest BCUT2D eigenvalue weighted by atomic mass is 10.1. The highest BCUT2D eigenvalue weighted by atomic mass is 32.1. The molecule has 3 aromatic heterocycles. The number of para-hydroxylation sites is 1. The van der Waals surface area contributed by atoms with Gasteiger partial charge in [-0.05, 0) is 18.1 Å². The number of aromatic nitrogens is 3. The van der Waals surface area contributed by atoms with Crippen LogP contribution in [-0.2, 0) is 22.6 Å². The van der Waals surface area contributed by atoms with Crippen molar-refractivity contribution in [3.63, 3.8) is 0 Å². The number of H-pyrrole nitrogens is 1. The average molecular weight is 353 g/mol. The molecule has 0 aliphatic rings. The highest BCUT2D eigenvalue weighted by molar-refractivity contribution is 7.15. The third kappa shape index (κ3) is 3.18. The van der Waals surface area contributed by atoms with E-state index in [0.717, 1.165) is 16.5 Å². The van der Waals surface area contributed by atoms with Gasteiger partial charge in [-0.2, -0.15) is 0 Å². The van der Waals surface area contributed by atoms with Gasteiger partial charge in [-0.15, -0.1) is 11.3 Å². The van der Waals surface area contributed by atoms with Crippen LogP contribution in [0.4, 0.5) is 0 Å². The van der Waals surface area contributed by atoms with Crippen LogP contribution in [0.1, 0.15) is 17.7 Å². The molecule has 0 aliphatic carbocycles. The number of fused-ring (bicyclic) bond motifs is 2. The van der Waals surface area contributed by atoms with Gasteiger partial charge in [0, 0.05) is 41.2 Å². The third-order valence-electron chi connectivity index (χ3n) is 4.01. The molecule has 25 heavy (non-hydrogen) atoms. The summed E-state index contributed by atoms with van der Waals surface area (Å²) < 4.78 is 6.73. The summed E-state index contributed by atoms with van der Waals surface area (Å²) in [5, 5.41) is 2.91. The van der Waals surface area contributed by atoms with Gasteiger partial charge in [-0.3, -0.25) is 14.0 Å². The minimum atomic E-state index is -0.307. The van der Waals surface area contributed by atoms with E-state index in [1.165, 1.54) is 21.8 Å². The van der Waals surface area contributed by atoms with Gasteiger partial charge in [0.25, 0.3) is 5.56 Å². The zero-order chi connectivity index (χ0) is 17.2. The Morgan fingerprint density at radius 3 is 3.12 bits per heavy atom. The fourth-order valence-corrected chi connectivity index (χ4v) is 3.50. The first-order chi connectivity index (χ1) is 12.2. The third-order valence-corrected chi connectivity index (χ3v) is 4.77. The second kappa shape index (κ2) is 6.52. The van der Waals surface area contributed by atoms with Gasteiger partial charge in [0.05, 0.1) is 5.69 Å². The van der Waals surface area contributed by atoms with Crippen molar-refractivity contribution < 1.29 is 9.53 Å². The number of aromatic amines is 1. The Kier molecular flexibility index (Phi) is 4.07. The van der Waals surface area contributed by atoms with Crippen molar-refractivity contribution in [1.82, 2.24) is 14.4 Å². The number of hydrogen-bond acceptors (Lipinski definition) is 5. The van der Waals surface area contributed by atoms with Crippen molar-refractivity contribution in [2.24, 2.45) is 0 Å². The SMILES string of the molecule is O=C(CCc1c[nH]c2ccccc12)OCc1cc(=O)n2ccsc2n1. The van der Waals surface area contributed by atoms with Crippen LogP contribution in [0, 0.1) is 0 Å². The molecular formula is C18H15N3O3S. The summed E-state index contributed by atoms with van der Waals surface area (Å²) in [5.74, 6) is -0.307. The van der Waals surface area contributed by atoms with Crippen molar-refractivity contribution in [3.8, 4) is 0 Å². The van der Waals surface area contributed by atoms with Crippen LogP contribution in [0.15, 0.2) is 52.9 Å². The number of hydrogen-bond donors (Lipinski definition) is 1. The zero-order valence-electron chi connectivity index (χ0n) is 13.3. The Hall–Kier alpha value is -2.93.